The van der Waals surface area contributed by atoms with Crippen LogP contribution in [-0.2, 0) is 10.2 Å². The molecule has 0 bridgehead atoms. The Bertz CT molecular complexity index is 438. The highest BCUT2D eigenvalue weighted by molar-refractivity contribution is 5.77. The number of benzene rings is 1. The number of aliphatic carboxylic acids is 1. The van der Waals surface area contributed by atoms with Gasteiger partial charge in [0.25, 0.3) is 0 Å². The number of hydrogen-bond donors (Lipinski definition) is 2. The summed E-state index contributed by atoms with van der Waals surface area (Å²) in [7, 11) is 0. The van der Waals surface area contributed by atoms with E-state index in [0.29, 0.717) is 6.54 Å². The van der Waals surface area contributed by atoms with Crippen molar-refractivity contribution in [1.82, 2.24) is 5.32 Å². The van der Waals surface area contributed by atoms with Gasteiger partial charge in [-0.2, -0.15) is 0 Å². The number of hydrogen-bond acceptors (Lipinski definition) is 2. The van der Waals surface area contributed by atoms with Gasteiger partial charge in [-0.25, -0.2) is 0 Å². The fourth-order valence-corrected chi connectivity index (χ4v) is 2.29. The number of nitrogens with one attached hydrogen (secondary N) is 1. The summed E-state index contributed by atoms with van der Waals surface area (Å²) in [5, 5.41) is 12.2. The molecule has 0 amide bonds. The lowest BCUT2D eigenvalue weighted by atomic mass is 9.76. The lowest BCUT2D eigenvalue weighted by Crippen LogP contribution is -2.44. The second kappa shape index (κ2) is 3.59. The van der Waals surface area contributed by atoms with Gasteiger partial charge in [0, 0.05) is 12.0 Å². The normalized spacial score (nSPS) is 22.6. The number of carboxylic acids is 1. The Morgan fingerprint density at radius 3 is 2.81 bits per heavy atom. The fraction of sp³-hybridized carbons (Fsp3) is 0.462. The highest BCUT2D eigenvalue weighted by atomic mass is 16.4. The van der Waals surface area contributed by atoms with E-state index < -0.39 is 12.0 Å². The number of aryl methyl sites for hydroxylation is 1. The molecule has 16 heavy (non-hydrogen) atoms. The summed E-state index contributed by atoms with van der Waals surface area (Å²) in [5.41, 5.74) is 3.22. The Labute approximate surface area is 95.5 Å². The SMILES string of the molecule is Cc1ccc2c(c1)C(C)(C)CN[C@@H]2C(=O)O. The van der Waals surface area contributed by atoms with Gasteiger partial charge in [-0.3, -0.25) is 10.1 Å². The maximum Gasteiger partial charge on any atom is 0.325 e. The summed E-state index contributed by atoms with van der Waals surface area (Å²) in [6, 6.07) is 5.44. The second-order valence-corrected chi connectivity index (χ2v) is 5.13. The third-order valence-electron chi connectivity index (χ3n) is 3.24. The highest BCUT2D eigenvalue weighted by Crippen LogP contribution is 2.34. The van der Waals surface area contributed by atoms with Crippen LogP contribution in [0.25, 0.3) is 0 Å². The zero-order valence-corrected chi connectivity index (χ0v) is 9.87. The predicted octanol–water partition coefficient (Wildman–Crippen LogP) is 2.00. The third-order valence-corrected chi connectivity index (χ3v) is 3.24. The number of carbonyl (C=O) groups is 1. The number of fused-ring (bicyclic) bond motifs is 1. The minimum absolute atomic E-state index is 0.00664. The molecular formula is C13H17NO2. The number of carboxylic acid groups (broad SMARTS) is 1. The van der Waals surface area contributed by atoms with E-state index in [1.165, 1.54) is 5.56 Å². The van der Waals surface area contributed by atoms with Crippen molar-refractivity contribution in [2.45, 2.75) is 32.2 Å². The van der Waals surface area contributed by atoms with Gasteiger partial charge >= 0.3 is 5.97 Å². The van der Waals surface area contributed by atoms with Crippen LogP contribution in [0.1, 0.15) is 36.6 Å². The Morgan fingerprint density at radius 2 is 2.19 bits per heavy atom. The van der Waals surface area contributed by atoms with Crippen molar-refractivity contribution in [2.24, 2.45) is 0 Å². The van der Waals surface area contributed by atoms with Crippen LogP contribution in [-0.4, -0.2) is 17.6 Å². The fourth-order valence-electron chi connectivity index (χ4n) is 2.29. The summed E-state index contributed by atoms with van der Waals surface area (Å²) in [6.07, 6.45) is 0. The van der Waals surface area contributed by atoms with Crippen molar-refractivity contribution < 1.29 is 9.90 Å². The van der Waals surface area contributed by atoms with Crippen LogP contribution in [0.4, 0.5) is 0 Å². The van der Waals surface area contributed by atoms with E-state index >= 15 is 0 Å². The Kier molecular flexibility index (Phi) is 2.50. The van der Waals surface area contributed by atoms with Gasteiger partial charge in [-0.05, 0) is 18.1 Å². The predicted molar refractivity (Wildman–Crippen MR) is 62.6 cm³/mol. The second-order valence-electron chi connectivity index (χ2n) is 5.13. The topological polar surface area (TPSA) is 49.3 Å². The number of rotatable bonds is 1. The van der Waals surface area contributed by atoms with Crippen LogP contribution in [0.5, 0.6) is 0 Å². The van der Waals surface area contributed by atoms with Crippen molar-refractivity contribution in [3.8, 4) is 0 Å². The van der Waals surface area contributed by atoms with Crippen LogP contribution in [0.3, 0.4) is 0 Å². The minimum Gasteiger partial charge on any atom is -0.480 e. The molecule has 2 rings (SSSR count). The van der Waals surface area contributed by atoms with Gasteiger partial charge in [0.05, 0.1) is 0 Å². The van der Waals surface area contributed by atoms with E-state index in [2.05, 4.69) is 25.2 Å². The molecule has 0 spiro atoms. The van der Waals surface area contributed by atoms with E-state index in [4.69, 9.17) is 5.11 Å². The van der Waals surface area contributed by atoms with Crippen molar-refractivity contribution in [1.29, 1.82) is 0 Å². The van der Waals surface area contributed by atoms with Gasteiger partial charge in [-0.1, -0.05) is 37.6 Å². The highest BCUT2D eigenvalue weighted by Gasteiger charge is 2.35. The quantitative estimate of drug-likeness (QED) is 0.759. The van der Waals surface area contributed by atoms with E-state index in [9.17, 15) is 4.79 Å². The molecule has 1 atom stereocenters. The molecule has 0 radical (unpaired) electrons. The van der Waals surface area contributed by atoms with Gasteiger partial charge < -0.3 is 5.11 Å². The van der Waals surface area contributed by atoms with Crippen molar-refractivity contribution in [3.05, 3.63) is 34.9 Å². The van der Waals surface area contributed by atoms with E-state index in [1.54, 1.807) is 0 Å². The Hall–Kier alpha value is -1.35. The molecular weight excluding hydrogens is 202 g/mol. The van der Waals surface area contributed by atoms with Crippen LogP contribution in [0, 0.1) is 6.92 Å². The smallest absolute Gasteiger partial charge is 0.325 e. The maximum atomic E-state index is 11.2. The minimum atomic E-state index is -0.805. The van der Waals surface area contributed by atoms with E-state index in [0.717, 1.165) is 11.1 Å². The summed E-state index contributed by atoms with van der Waals surface area (Å²) in [4.78, 5) is 11.2. The molecule has 1 aromatic rings. The Balaban J connectivity index is 2.57. The molecule has 2 N–H and O–H groups in total. The van der Waals surface area contributed by atoms with Gasteiger partial charge in [-0.15, -0.1) is 0 Å². The molecule has 1 aromatic carbocycles. The molecule has 0 unspecified atom stereocenters. The molecule has 3 nitrogen and oxygen atoms in total. The largest absolute Gasteiger partial charge is 0.480 e. The van der Waals surface area contributed by atoms with Crippen LogP contribution >= 0.6 is 0 Å². The van der Waals surface area contributed by atoms with E-state index in [-0.39, 0.29) is 5.41 Å². The molecule has 86 valence electrons. The average molecular weight is 219 g/mol. The Morgan fingerprint density at radius 1 is 1.50 bits per heavy atom. The van der Waals surface area contributed by atoms with Crippen LogP contribution in [0.2, 0.25) is 0 Å². The molecule has 0 aliphatic carbocycles. The zero-order chi connectivity index (χ0) is 11.9. The molecule has 3 heteroatoms. The maximum absolute atomic E-state index is 11.2. The van der Waals surface area contributed by atoms with Gasteiger partial charge in [0.2, 0.25) is 0 Å². The average Bonchev–Trinajstić information content (AvgIpc) is 2.18. The molecule has 0 saturated carbocycles. The summed E-state index contributed by atoms with van der Waals surface area (Å²) in [5.74, 6) is -0.805. The van der Waals surface area contributed by atoms with Crippen molar-refractivity contribution in [3.63, 3.8) is 0 Å². The first-order valence-electron chi connectivity index (χ1n) is 5.49. The van der Waals surface area contributed by atoms with Gasteiger partial charge in [0.15, 0.2) is 0 Å². The van der Waals surface area contributed by atoms with Gasteiger partial charge in [0.1, 0.15) is 6.04 Å². The summed E-state index contributed by atoms with van der Waals surface area (Å²) in [6.45, 7) is 7.00. The summed E-state index contributed by atoms with van der Waals surface area (Å²) < 4.78 is 0. The summed E-state index contributed by atoms with van der Waals surface area (Å²) >= 11 is 0. The van der Waals surface area contributed by atoms with Crippen LogP contribution < -0.4 is 5.32 Å². The molecule has 1 heterocycles. The first-order chi connectivity index (χ1) is 7.42. The van der Waals surface area contributed by atoms with Crippen LogP contribution in [0.15, 0.2) is 18.2 Å². The molecule has 0 saturated heterocycles. The molecule has 1 aliphatic heterocycles. The lowest BCUT2D eigenvalue weighted by molar-refractivity contribution is -0.140. The zero-order valence-electron chi connectivity index (χ0n) is 9.87. The monoisotopic (exact) mass is 219 g/mol. The van der Waals surface area contributed by atoms with E-state index in [1.807, 2.05) is 19.1 Å². The molecule has 0 fully saturated rings. The standard InChI is InChI=1S/C13H17NO2/c1-8-4-5-9-10(6-8)13(2,3)7-14-11(9)12(15)16/h4-6,11,14H,7H2,1-3H3,(H,15,16)/t11-/m0/s1. The molecule has 0 aromatic heterocycles. The van der Waals surface area contributed by atoms with Crippen molar-refractivity contribution in [2.75, 3.05) is 6.54 Å². The molecule has 1 aliphatic rings. The first kappa shape index (κ1) is 11.1. The van der Waals surface area contributed by atoms with Crippen molar-refractivity contribution >= 4 is 5.97 Å². The third kappa shape index (κ3) is 1.71. The first-order valence-corrected chi connectivity index (χ1v) is 5.49. The lowest BCUT2D eigenvalue weighted by Gasteiger charge is -2.36.